The van der Waals surface area contributed by atoms with Gasteiger partial charge in [0, 0.05) is 0 Å². The first-order valence-electron chi connectivity index (χ1n) is 7.24. The quantitative estimate of drug-likeness (QED) is 0.779. The molecule has 122 valence electrons. The first-order valence-corrected chi connectivity index (χ1v) is 7.24. The second-order valence-electron chi connectivity index (χ2n) is 6.20. The number of carbonyl (C=O) groups is 1. The number of aliphatic hydroxyl groups is 2. The van der Waals surface area contributed by atoms with Gasteiger partial charge in [0.2, 0.25) is 0 Å². The van der Waals surface area contributed by atoms with Crippen LogP contribution in [0.5, 0.6) is 0 Å². The number of benzene rings is 1. The van der Waals surface area contributed by atoms with Crippen molar-refractivity contribution in [2.45, 2.75) is 45.4 Å². The minimum atomic E-state index is -1.01. The first kappa shape index (κ1) is 18.2. The highest BCUT2D eigenvalue weighted by molar-refractivity contribution is 5.68. The van der Waals surface area contributed by atoms with Crippen molar-refractivity contribution < 1.29 is 19.7 Å². The van der Waals surface area contributed by atoms with Crippen LogP contribution in [0, 0.1) is 6.92 Å². The molecule has 0 heterocycles. The Balaban J connectivity index is 2.62. The molecule has 0 aliphatic carbocycles. The minimum absolute atomic E-state index is 0.390. The molecule has 0 bridgehead atoms. The van der Waals surface area contributed by atoms with Crippen LogP contribution in [0.25, 0.3) is 6.08 Å². The lowest BCUT2D eigenvalue weighted by molar-refractivity contribution is 0.0406. The molecule has 1 aromatic carbocycles. The number of hydrogen-bond acceptors (Lipinski definition) is 4. The van der Waals surface area contributed by atoms with Gasteiger partial charge in [-0.25, -0.2) is 4.79 Å². The summed E-state index contributed by atoms with van der Waals surface area (Å²) in [6.45, 7) is 6.84. The normalized spacial score (nSPS) is 14.6. The van der Waals surface area contributed by atoms with Gasteiger partial charge in [0.15, 0.2) is 0 Å². The highest BCUT2D eigenvalue weighted by atomic mass is 16.6. The number of carbonyl (C=O) groups excluding carboxylic acids is 1. The summed E-state index contributed by atoms with van der Waals surface area (Å²) in [6, 6.07) is 6.96. The lowest BCUT2D eigenvalue weighted by Gasteiger charge is -2.24. The van der Waals surface area contributed by atoms with Crippen molar-refractivity contribution in [2.24, 2.45) is 0 Å². The minimum Gasteiger partial charge on any atom is -0.444 e. The average Bonchev–Trinajstić information content (AvgIpc) is 2.42. The van der Waals surface area contributed by atoms with Gasteiger partial charge in [0.1, 0.15) is 5.60 Å². The first-order chi connectivity index (χ1) is 10.2. The zero-order chi connectivity index (χ0) is 16.8. The van der Waals surface area contributed by atoms with Crippen LogP contribution in [0.3, 0.4) is 0 Å². The number of aryl methyl sites for hydroxylation is 1. The summed E-state index contributed by atoms with van der Waals surface area (Å²) in [6.07, 6.45) is 1.58. The molecule has 0 radical (unpaired) electrons. The Labute approximate surface area is 131 Å². The standard InChI is InChI=1S/C17H25NO4/c1-12-5-7-13(8-6-12)9-10-15(20)14(11-19)18-16(21)22-17(2,3)4/h5-10,14-15,19-20H,11H2,1-4H3,(H,18,21)/t14?,15-/m1/s1. The van der Waals surface area contributed by atoms with E-state index in [2.05, 4.69) is 5.32 Å². The highest BCUT2D eigenvalue weighted by Crippen LogP contribution is 2.09. The van der Waals surface area contributed by atoms with Crippen molar-refractivity contribution in [1.82, 2.24) is 5.32 Å². The van der Waals surface area contributed by atoms with Gasteiger partial charge in [-0.05, 0) is 33.3 Å². The van der Waals surface area contributed by atoms with Crippen molar-refractivity contribution in [3.8, 4) is 0 Å². The second-order valence-corrected chi connectivity index (χ2v) is 6.20. The van der Waals surface area contributed by atoms with Crippen LogP contribution in [-0.4, -0.2) is 40.7 Å². The van der Waals surface area contributed by atoms with E-state index in [1.165, 1.54) is 6.08 Å². The number of aliphatic hydroxyl groups excluding tert-OH is 2. The van der Waals surface area contributed by atoms with Gasteiger partial charge in [0.25, 0.3) is 0 Å². The third-order valence-electron chi connectivity index (χ3n) is 2.87. The lowest BCUT2D eigenvalue weighted by Crippen LogP contribution is -2.46. The van der Waals surface area contributed by atoms with Crippen LogP contribution in [0.1, 0.15) is 31.9 Å². The Bertz CT molecular complexity index is 502. The predicted molar refractivity (Wildman–Crippen MR) is 86.5 cm³/mol. The lowest BCUT2D eigenvalue weighted by atomic mass is 10.1. The number of hydrogen-bond donors (Lipinski definition) is 3. The van der Waals surface area contributed by atoms with E-state index in [-0.39, 0.29) is 0 Å². The van der Waals surface area contributed by atoms with Gasteiger partial charge in [-0.3, -0.25) is 0 Å². The Hall–Kier alpha value is -1.85. The average molecular weight is 307 g/mol. The molecule has 0 fully saturated rings. The maximum Gasteiger partial charge on any atom is 0.408 e. The number of nitrogens with one attached hydrogen (secondary N) is 1. The maximum atomic E-state index is 11.7. The van der Waals surface area contributed by atoms with E-state index < -0.39 is 30.4 Å². The van der Waals surface area contributed by atoms with Crippen molar-refractivity contribution in [3.05, 3.63) is 41.5 Å². The second kappa shape index (κ2) is 7.96. The van der Waals surface area contributed by atoms with Crippen LogP contribution >= 0.6 is 0 Å². The van der Waals surface area contributed by atoms with E-state index in [0.717, 1.165) is 11.1 Å². The Morgan fingerprint density at radius 1 is 1.32 bits per heavy atom. The van der Waals surface area contributed by atoms with Gasteiger partial charge in [0.05, 0.1) is 18.8 Å². The fourth-order valence-corrected chi connectivity index (χ4v) is 1.72. The molecule has 0 aliphatic rings. The van der Waals surface area contributed by atoms with Crippen LogP contribution in [0.15, 0.2) is 30.3 Å². The zero-order valence-electron chi connectivity index (χ0n) is 13.5. The maximum absolute atomic E-state index is 11.7. The number of alkyl carbamates (subject to hydrolysis) is 1. The fourth-order valence-electron chi connectivity index (χ4n) is 1.72. The molecule has 3 N–H and O–H groups in total. The largest absolute Gasteiger partial charge is 0.444 e. The van der Waals surface area contributed by atoms with Crippen molar-refractivity contribution in [1.29, 1.82) is 0 Å². The molecule has 2 atom stereocenters. The molecule has 1 aromatic rings. The van der Waals surface area contributed by atoms with Crippen LogP contribution in [0.2, 0.25) is 0 Å². The summed E-state index contributed by atoms with van der Waals surface area (Å²) < 4.78 is 5.10. The molecule has 1 amide bonds. The molecule has 0 spiro atoms. The molecular weight excluding hydrogens is 282 g/mol. The van der Waals surface area contributed by atoms with E-state index >= 15 is 0 Å². The van der Waals surface area contributed by atoms with Crippen molar-refractivity contribution >= 4 is 12.2 Å². The molecule has 0 saturated carbocycles. The number of ether oxygens (including phenoxy) is 1. The Morgan fingerprint density at radius 3 is 2.41 bits per heavy atom. The van der Waals surface area contributed by atoms with E-state index in [4.69, 9.17) is 4.74 Å². The molecule has 5 heteroatoms. The number of amides is 1. The SMILES string of the molecule is Cc1ccc(C=C[C@@H](O)C(CO)NC(=O)OC(C)(C)C)cc1. The van der Waals surface area contributed by atoms with Gasteiger partial charge in [-0.15, -0.1) is 0 Å². The van der Waals surface area contributed by atoms with Crippen LogP contribution in [0.4, 0.5) is 4.79 Å². The van der Waals surface area contributed by atoms with E-state index in [1.54, 1.807) is 26.8 Å². The van der Waals surface area contributed by atoms with E-state index in [1.807, 2.05) is 31.2 Å². The van der Waals surface area contributed by atoms with E-state index in [9.17, 15) is 15.0 Å². The number of rotatable bonds is 5. The highest BCUT2D eigenvalue weighted by Gasteiger charge is 2.22. The molecule has 22 heavy (non-hydrogen) atoms. The van der Waals surface area contributed by atoms with Gasteiger partial charge in [-0.2, -0.15) is 0 Å². The Kier molecular flexibility index (Phi) is 6.59. The summed E-state index contributed by atoms with van der Waals surface area (Å²) in [5, 5.41) is 21.8. The summed E-state index contributed by atoms with van der Waals surface area (Å²) in [5.41, 5.74) is 1.45. The summed E-state index contributed by atoms with van der Waals surface area (Å²) >= 11 is 0. The summed E-state index contributed by atoms with van der Waals surface area (Å²) in [4.78, 5) is 11.7. The summed E-state index contributed by atoms with van der Waals surface area (Å²) in [7, 11) is 0. The Morgan fingerprint density at radius 2 is 1.91 bits per heavy atom. The molecule has 1 unspecified atom stereocenters. The molecular formula is C17H25NO4. The van der Waals surface area contributed by atoms with Crippen molar-refractivity contribution in [2.75, 3.05) is 6.61 Å². The van der Waals surface area contributed by atoms with Crippen molar-refractivity contribution in [3.63, 3.8) is 0 Å². The molecule has 0 aromatic heterocycles. The van der Waals surface area contributed by atoms with E-state index in [0.29, 0.717) is 0 Å². The fraction of sp³-hybridized carbons (Fsp3) is 0.471. The third-order valence-corrected chi connectivity index (χ3v) is 2.87. The van der Waals surface area contributed by atoms with Gasteiger partial charge < -0.3 is 20.3 Å². The van der Waals surface area contributed by atoms with Gasteiger partial charge in [-0.1, -0.05) is 42.0 Å². The summed E-state index contributed by atoms with van der Waals surface area (Å²) in [5.74, 6) is 0. The monoisotopic (exact) mass is 307 g/mol. The molecule has 5 nitrogen and oxygen atoms in total. The van der Waals surface area contributed by atoms with Crippen LogP contribution in [-0.2, 0) is 4.74 Å². The van der Waals surface area contributed by atoms with Crippen LogP contribution < -0.4 is 5.32 Å². The molecule has 0 aliphatic heterocycles. The molecule has 0 saturated heterocycles. The predicted octanol–water partition coefficient (Wildman–Crippen LogP) is 2.25. The smallest absolute Gasteiger partial charge is 0.408 e. The van der Waals surface area contributed by atoms with Gasteiger partial charge >= 0.3 is 6.09 Å². The molecule has 1 rings (SSSR count). The zero-order valence-corrected chi connectivity index (χ0v) is 13.5. The topological polar surface area (TPSA) is 78.8 Å². The third kappa shape index (κ3) is 6.74.